The van der Waals surface area contributed by atoms with Gasteiger partial charge in [0, 0.05) is 24.0 Å². The van der Waals surface area contributed by atoms with E-state index >= 15 is 0 Å². The molecule has 0 aliphatic rings. The van der Waals surface area contributed by atoms with E-state index in [2.05, 4.69) is 17.6 Å². The molecule has 0 unspecified atom stereocenters. The van der Waals surface area contributed by atoms with E-state index in [4.69, 9.17) is 17.0 Å². The van der Waals surface area contributed by atoms with E-state index in [0.717, 1.165) is 18.5 Å². The number of para-hydroxylation sites is 2. The molecule has 3 rings (SSSR count). The predicted octanol–water partition coefficient (Wildman–Crippen LogP) is 5.27. The van der Waals surface area contributed by atoms with Gasteiger partial charge in [-0.25, -0.2) is 0 Å². The van der Waals surface area contributed by atoms with Crippen LogP contribution in [0.5, 0.6) is 5.75 Å². The molecule has 33 heavy (non-hydrogen) atoms. The number of nitrogens with zero attached hydrogens (tertiary/aromatic N) is 1. The number of hydrogen-bond donors (Lipinski definition) is 2. The predicted molar refractivity (Wildman–Crippen MR) is 136 cm³/mol. The summed E-state index contributed by atoms with van der Waals surface area (Å²) in [6, 6.07) is 23.4. The maximum absolute atomic E-state index is 12.7. The highest BCUT2D eigenvalue weighted by atomic mass is 32.1. The summed E-state index contributed by atoms with van der Waals surface area (Å²) in [5, 5.41) is 5.81. The first kappa shape index (κ1) is 23.9. The Morgan fingerprint density at radius 1 is 0.939 bits per heavy atom. The second-order valence-corrected chi connectivity index (χ2v) is 7.79. The van der Waals surface area contributed by atoms with Crippen LogP contribution >= 0.6 is 12.2 Å². The number of carbonyl (C=O) groups excluding carboxylic acids is 2. The minimum atomic E-state index is -0.351. The zero-order valence-electron chi connectivity index (χ0n) is 18.7. The molecule has 2 amide bonds. The first-order valence-corrected chi connectivity index (χ1v) is 11.2. The molecule has 0 aliphatic heterocycles. The lowest BCUT2D eigenvalue weighted by molar-refractivity contribution is 0.0970. The van der Waals surface area contributed by atoms with Gasteiger partial charge in [-0.3, -0.25) is 14.9 Å². The molecule has 0 radical (unpaired) electrons. The minimum absolute atomic E-state index is 0.122. The summed E-state index contributed by atoms with van der Waals surface area (Å²) in [4.78, 5) is 27.0. The SMILES string of the molecule is CCCCOc1ccccc1C(=O)NC(=S)Nc1ccc(C(=O)N(C)c2ccccc2)cc1. The lowest BCUT2D eigenvalue weighted by Gasteiger charge is -2.17. The third-order valence-corrected chi connectivity index (χ3v) is 5.16. The van der Waals surface area contributed by atoms with Crippen LogP contribution in [0.25, 0.3) is 0 Å². The van der Waals surface area contributed by atoms with Crippen LogP contribution in [0.2, 0.25) is 0 Å². The van der Waals surface area contributed by atoms with Crippen molar-refractivity contribution in [1.82, 2.24) is 5.32 Å². The summed E-state index contributed by atoms with van der Waals surface area (Å²) in [6.07, 6.45) is 1.92. The number of anilines is 2. The molecule has 0 spiro atoms. The third-order valence-electron chi connectivity index (χ3n) is 4.95. The normalized spacial score (nSPS) is 10.2. The summed E-state index contributed by atoms with van der Waals surface area (Å²) in [5.41, 5.74) is 2.43. The molecule has 3 aromatic carbocycles. The van der Waals surface area contributed by atoms with Crippen LogP contribution in [-0.4, -0.2) is 30.6 Å². The van der Waals surface area contributed by atoms with E-state index in [1.807, 2.05) is 36.4 Å². The Morgan fingerprint density at radius 2 is 1.61 bits per heavy atom. The lowest BCUT2D eigenvalue weighted by Crippen LogP contribution is -2.34. The fourth-order valence-electron chi connectivity index (χ4n) is 3.10. The zero-order valence-corrected chi connectivity index (χ0v) is 19.5. The molecule has 170 valence electrons. The average molecular weight is 462 g/mol. The van der Waals surface area contributed by atoms with Crippen LogP contribution in [0.3, 0.4) is 0 Å². The average Bonchev–Trinajstić information content (AvgIpc) is 2.84. The molecule has 0 saturated carbocycles. The summed E-state index contributed by atoms with van der Waals surface area (Å²) >= 11 is 5.29. The molecule has 7 heteroatoms. The van der Waals surface area contributed by atoms with Crippen molar-refractivity contribution in [3.63, 3.8) is 0 Å². The zero-order chi connectivity index (χ0) is 23.6. The largest absolute Gasteiger partial charge is 0.493 e. The molecule has 0 fully saturated rings. The highest BCUT2D eigenvalue weighted by Gasteiger charge is 2.15. The van der Waals surface area contributed by atoms with E-state index in [-0.39, 0.29) is 16.9 Å². The molecule has 3 aromatic rings. The van der Waals surface area contributed by atoms with Crippen LogP contribution in [0, 0.1) is 0 Å². The van der Waals surface area contributed by atoms with Crippen molar-refractivity contribution in [3.05, 3.63) is 90.0 Å². The van der Waals surface area contributed by atoms with Crippen LogP contribution < -0.4 is 20.3 Å². The summed E-state index contributed by atoms with van der Waals surface area (Å²) in [5.74, 6) is 0.0517. The standard InChI is InChI=1S/C26H27N3O3S/c1-3-4-18-32-23-13-9-8-12-22(23)24(30)28-26(33)27-20-16-14-19(15-17-20)25(31)29(2)21-10-6-5-7-11-21/h5-17H,3-4,18H2,1-2H3,(H2,27,28,30,33). The summed E-state index contributed by atoms with van der Waals surface area (Å²) < 4.78 is 5.72. The fourth-order valence-corrected chi connectivity index (χ4v) is 3.31. The van der Waals surface area contributed by atoms with E-state index in [9.17, 15) is 9.59 Å². The first-order valence-electron chi connectivity index (χ1n) is 10.8. The molecule has 0 aliphatic carbocycles. The Labute approximate surface area is 199 Å². The van der Waals surface area contributed by atoms with E-state index < -0.39 is 0 Å². The molecule has 0 bridgehead atoms. The Balaban J connectivity index is 1.59. The number of rotatable bonds is 8. The van der Waals surface area contributed by atoms with Crippen molar-refractivity contribution in [1.29, 1.82) is 0 Å². The van der Waals surface area contributed by atoms with Gasteiger partial charge in [0.15, 0.2) is 5.11 Å². The minimum Gasteiger partial charge on any atom is -0.493 e. The number of carbonyl (C=O) groups is 2. The lowest BCUT2D eigenvalue weighted by atomic mass is 10.1. The van der Waals surface area contributed by atoms with Crippen LogP contribution in [-0.2, 0) is 0 Å². The topological polar surface area (TPSA) is 70.7 Å². The fraction of sp³-hybridized carbons (Fsp3) is 0.192. The Bertz CT molecular complexity index is 1100. The number of benzene rings is 3. The van der Waals surface area contributed by atoms with Gasteiger partial charge in [-0.1, -0.05) is 43.7 Å². The molecular formula is C26H27N3O3S. The van der Waals surface area contributed by atoms with Crippen molar-refractivity contribution in [2.24, 2.45) is 0 Å². The maximum Gasteiger partial charge on any atom is 0.261 e. The summed E-state index contributed by atoms with van der Waals surface area (Å²) in [6.45, 7) is 2.63. The number of ether oxygens (including phenoxy) is 1. The number of nitrogens with one attached hydrogen (secondary N) is 2. The van der Waals surface area contributed by atoms with Gasteiger partial charge in [0.1, 0.15) is 5.75 Å². The Morgan fingerprint density at radius 3 is 2.30 bits per heavy atom. The van der Waals surface area contributed by atoms with Gasteiger partial charge in [0.25, 0.3) is 11.8 Å². The molecule has 2 N–H and O–H groups in total. The van der Waals surface area contributed by atoms with Crippen molar-refractivity contribution in [2.75, 3.05) is 23.9 Å². The van der Waals surface area contributed by atoms with Gasteiger partial charge < -0.3 is 15.0 Å². The van der Waals surface area contributed by atoms with Gasteiger partial charge in [-0.2, -0.15) is 0 Å². The van der Waals surface area contributed by atoms with Gasteiger partial charge in [-0.05, 0) is 67.2 Å². The molecular weight excluding hydrogens is 434 g/mol. The first-order chi connectivity index (χ1) is 16.0. The quantitative estimate of drug-likeness (QED) is 0.353. The number of hydrogen-bond acceptors (Lipinski definition) is 4. The van der Waals surface area contributed by atoms with Crippen molar-refractivity contribution >= 4 is 40.5 Å². The molecule has 0 saturated heterocycles. The van der Waals surface area contributed by atoms with Gasteiger partial charge in [-0.15, -0.1) is 0 Å². The highest BCUT2D eigenvalue weighted by Crippen LogP contribution is 2.19. The maximum atomic E-state index is 12.7. The highest BCUT2D eigenvalue weighted by molar-refractivity contribution is 7.80. The molecule has 0 aromatic heterocycles. The summed E-state index contributed by atoms with van der Waals surface area (Å²) in [7, 11) is 1.73. The van der Waals surface area contributed by atoms with E-state index in [1.165, 1.54) is 0 Å². The van der Waals surface area contributed by atoms with Crippen LogP contribution in [0.4, 0.5) is 11.4 Å². The second-order valence-electron chi connectivity index (χ2n) is 7.38. The third kappa shape index (κ3) is 6.63. The number of thiocarbonyl (C=S) groups is 1. The Kier molecular flexibility index (Phi) is 8.55. The van der Waals surface area contributed by atoms with E-state index in [0.29, 0.717) is 29.2 Å². The van der Waals surface area contributed by atoms with Crippen molar-refractivity contribution in [2.45, 2.75) is 19.8 Å². The van der Waals surface area contributed by atoms with Crippen molar-refractivity contribution < 1.29 is 14.3 Å². The second kappa shape index (κ2) is 11.8. The monoisotopic (exact) mass is 461 g/mol. The van der Waals surface area contributed by atoms with Gasteiger partial charge in [0.05, 0.1) is 12.2 Å². The smallest absolute Gasteiger partial charge is 0.261 e. The van der Waals surface area contributed by atoms with Gasteiger partial charge >= 0.3 is 0 Å². The molecule has 0 atom stereocenters. The van der Waals surface area contributed by atoms with Gasteiger partial charge in [0.2, 0.25) is 0 Å². The van der Waals surface area contributed by atoms with Crippen molar-refractivity contribution in [3.8, 4) is 5.75 Å². The number of amides is 2. The number of unbranched alkanes of at least 4 members (excludes halogenated alkanes) is 1. The van der Waals surface area contributed by atoms with E-state index in [1.54, 1.807) is 54.4 Å². The molecule has 0 heterocycles. The Hall–Kier alpha value is -3.71. The van der Waals surface area contributed by atoms with Crippen LogP contribution in [0.1, 0.15) is 40.5 Å². The van der Waals surface area contributed by atoms with Crippen LogP contribution in [0.15, 0.2) is 78.9 Å². The molecule has 6 nitrogen and oxygen atoms in total.